The molecule has 0 aliphatic rings. The number of hydrogen-bond acceptors (Lipinski definition) is 2. The van der Waals surface area contributed by atoms with Gasteiger partial charge in [0, 0.05) is 4.88 Å². The van der Waals surface area contributed by atoms with Crippen molar-refractivity contribution in [2.75, 3.05) is 6.54 Å². The summed E-state index contributed by atoms with van der Waals surface area (Å²) < 4.78 is 1.19. The van der Waals surface area contributed by atoms with Crippen LogP contribution in [0.4, 0.5) is 0 Å². The summed E-state index contributed by atoms with van der Waals surface area (Å²) in [5.41, 5.74) is 6.77. The van der Waals surface area contributed by atoms with Gasteiger partial charge in [0.05, 0.1) is 3.79 Å². The third kappa shape index (κ3) is 3.63. The first-order chi connectivity index (χ1) is 6.24. The van der Waals surface area contributed by atoms with E-state index in [9.17, 15) is 0 Å². The van der Waals surface area contributed by atoms with Crippen LogP contribution in [0.2, 0.25) is 0 Å². The van der Waals surface area contributed by atoms with Crippen LogP contribution in [0.1, 0.15) is 24.6 Å². The van der Waals surface area contributed by atoms with Crippen molar-refractivity contribution in [2.45, 2.75) is 19.8 Å². The van der Waals surface area contributed by atoms with Crippen LogP contribution in [-0.2, 0) is 0 Å². The number of rotatable bonds is 4. The molecule has 0 saturated heterocycles. The molecule has 0 bridgehead atoms. The van der Waals surface area contributed by atoms with E-state index in [0.29, 0.717) is 0 Å². The van der Waals surface area contributed by atoms with Crippen LogP contribution in [0.5, 0.6) is 0 Å². The van der Waals surface area contributed by atoms with Crippen molar-refractivity contribution in [1.29, 1.82) is 0 Å². The van der Waals surface area contributed by atoms with Gasteiger partial charge in [-0.2, -0.15) is 0 Å². The highest BCUT2D eigenvalue weighted by molar-refractivity contribution is 9.11. The van der Waals surface area contributed by atoms with E-state index < -0.39 is 0 Å². The molecule has 72 valence electrons. The van der Waals surface area contributed by atoms with Crippen LogP contribution in [0.15, 0.2) is 22.0 Å². The molecule has 0 atom stereocenters. The second-order valence-electron chi connectivity index (χ2n) is 2.92. The van der Waals surface area contributed by atoms with Crippen LogP contribution in [-0.4, -0.2) is 6.54 Å². The Labute approximate surface area is 91.8 Å². The lowest BCUT2D eigenvalue weighted by atomic mass is 10.2. The molecule has 0 spiro atoms. The summed E-state index contributed by atoms with van der Waals surface area (Å²) in [6.45, 7) is 2.92. The Morgan fingerprint density at radius 1 is 1.62 bits per heavy atom. The fourth-order valence-electron chi connectivity index (χ4n) is 1.06. The zero-order valence-electron chi connectivity index (χ0n) is 7.72. The first kappa shape index (κ1) is 11.0. The molecule has 3 heteroatoms. The van der Waals surface area contributed by atoms with Crippen molar-refractivity contribution in [2.24, 2.45) is 5.73 Å². The summed E-state index contributed by atoms with van der Waals surface area (Å²) in [6.07, 6.45) is 4.41. The smallest absolute Gasteiger partial charge is 0.0704 e. The first-order valence-corrected chi connectivity index (χ1v) is 5.97. The zero-order valence-corrected chi connectivity index (χ0v) is 10.1. The van der Waals surface area contributed by atoms with Crippen LogP contribution >= 0.6 is 27.3 Å². The average Bonchev–Trinajstić information content (AvgIpc) is 2.52. The third-order valence-corrected chi connectivity index (χ3v) is 3.58. The van der Waals surface area contributed by atoms with Crippen molar-refractivity contribution in [3.63, 3.8) is 0 Å². The molecule has 1 heterocycles. The van der Waals surface area contributed by atoms with E-state index in [-0.39, 0.29) is 0 Å². The van der Waals surface area contributed by atoms with Gasteiger partial charge in [0.25, 0.3) is 0 Å². The molecule has 1 aromatic heterocycles. The van der Waals surface area contributed by atoms with Gasteiger partial charge in [0.15, 0.2) is 0 Å². The molecule has 1 nitrogen and oxygen atoms in total. The second-order valence-corrected chi connectivity index (χ2v) is 5.38. The first-order valence-electron chi connectivity index (χ1n) is 4.36. The highest BCUT2D eigenvalue weighted by Crippen LogP contribution is 2.27. The number of hydrogen-bond donors (Lipinski definition) is 1. The van der Waals surface area contributed by atoms with E-state index in [2.05, 4.69) is 41.1 Å². The molecule has 0 amide bonds. The van der Waals surface area contributed by atoms with E-state index in [0.717, 1.165) is 19.4 Å². The minimum Gasteiger partial charge on any atom is -0.330 e. The summed E-state index contributed by atoms with van der Waals surface area (Å²) >= 11 is 5.22. The van der Waals surface area contributed by atoms with Crippen LogP contribution < -0.4 is 5.73 Å². The predicted molar refractivity (Wildman–Crippen MR) is 64.0 cm³/mol. The van der Waals surface area contributed by atoms with Crippen LogP contribution in [0.3, 0.4) is 0 Å². The van der Waals surface area contributed by atoms with Gasteiger partial charge in [-0.1, -0.05) is 6.08 Å². The van der Waals surface area contributed by atoms with Gasteiger partial charge >= 0.3 is 0 Å². The Kier molecular flexibility index (Phi) is 4.70. The summed E-state index contributed by atoms with van der Waals surface area (Å²) in [7, 11) is 0. The minimum atomic E-state index is 0.776. The third-order valence-electron chi connectivity index (χ3n) is 1.82. The van der Waals surface area contributed by atoms with Crippen LogP contribution in [0, 0.1) is 0 Å². The van der Waals surface area contributed by atoms with Gasteiger partial charge < -0.3 is 5.73 Å². The standard InChI is InChI=1S/C10H14BrNS/c1-8(4-2-3-7-12)9-5-6-10(11)13-9/h4-6H,2-3,7,12H2,1H3/b8-4+. The maximum absolute atomic E-state index is 5.42. The molecule has 0 unspecified atom stereocenters. The monoisotopic (exact) mass is 259 g/mol. The Bertz CT molecular complexity index is 291. The van der Waals surface area contributed by atoms with Crippen molar-refractivity contribution in [1.82, 2.24) is 0 Å². The maximum atomic E-state index is 5.42. The van der Waals surface area contributed by atoms with Crippen molar-refractivity contribution < 1.29 is 0 Å². The van der Waals surface area contributed by atoms with Crippen LogP contribution in [0.25, 0.3) is 5.57 Å². The Balaban J connectivity index is 2.56. The van der Waals surface area contributed by atoms with Gasteiger partial charge in [-0.25, -0.2) is 0 Å². The molecule has 0 radical (unpaired) electrons. The predicted octanol–water partition coefficient (Wildman–Crippen LogP) is 3.65. The van der Waals surface area contributed by atoms with Gasteiger partial charge in [-0.05, 0) is 59.9 Å². The SMILES string of the molecule is C/C(=C\CCCN)c1ccc(Br)s1. The van der Waals surface area contributed by atoms with E-state index in [1.807, 2.05) is 0 Å². The van der Waals surface area contributed by atoms with Gasteiger partial charge in [0.1, 0.15) is 0 Å². The molecule has 0 saturated carbocycles. The Morgan fingerprint density at radius 2 is 2.38 bits per heavy atom. The number of nitrogens with two attached hydrogens (primary N) is 1. The maximum Gasteiger partial charge on any atom is 0.0704 e. The highest BCUT2D eigenvalue weighted by Gasteiger charge is 1.98. The number of thiophene rings is 1. The number of unbranched alkanes of at least 4 members (excludes halogenated alkanes) is 1. The largest absolute Gasteiger partial charge is 0.330 e. The van der Waals surface area contributed by atoms with E-state index in [1.165, 1.54) is 14.2 Å². The molecule has 0 fully saturated rings. The fourth-order valence-corrected chi connectivity index (χ4v) is 2.45. The Hall–Kier alpha value is -0.120. The van der Waals surface area contributed by atoms with E-state index in [4.69, 9.17) is 5.73 Å². The molecule has 13 heavy (non-hydrogen) atoms. The lowest BCUT2D eigenvalue weighted by Crippen LogP contribution is -1.96. The number of halogens is 1. The zero-order chi connectivity index (χ0) is 9.68. The molecule has 1 aromatic rings. The molecule has 2 N–H and O–H groups in total. The Morgan fingerprint density at radius 3 is 2.92 bits per heavy atom. The second kappa shape index (κ2) is 5.58. The summed E-state index contributed by atoms with van der Waals surface area (Å²) in [6, 6.07) is 4.23. The highest BCUT2D eigenvalue weighted by atomic mass is 79.9. The summed E-state index contributed by atoms with van der Waals surface area (Å²) in [5.74, 6) is 0. The topological polar surface area (TPSA) is 26.0 Å². The molecule has 0 aliphatic heterocycles. The van der Waals surface area contributed by atoms with Gasteiger partial charge in [-0.15, -0.1) is 11.3 Å². The molecule has 1 rings (SSSR count). The van der Waals surface area contributed by atoms with Crippen molar-refractivity contribution >= 4 is 32.8 Å². The molecule has 0 aromatic carbocycles. The average molecular weight is 260 g/mol. The van der Waals surface area contributed by atoms with Crippen molar-refractivity contribution in [3.05, 3.63) is 26.9 Å². The molecular formula is C10H14BrNS. The van der Waals surface area contributed by atoms with E-state index >= 15 is 0 Å². The molecule has 0 aliphatic carbocycles. The lowest BCUT2D eigenvalue weighted by molar-refractivity contribution is 0.855. The van der Waals surface area contributed by atoms with Gasteiger partial charge in [0.2, 0.25) is 0 Å². The summed E-state index contributed by atoms with van der Waals surface area (Å²) in [4.78, 5) is 1.34. The normalized spacial score (nSPS) is 12.1. The minimum absolute atomic E-state index is 0.776. The van der Waals surface area contributed by atoms with Crippen molar-refractivity contribution in [3.8, 4) is 0 Å². The number of allylic oxidation sites excluding steroid dienone is 2. The van der Waals surface area contributed by atoms with Gasteiger partial charge in [-0.3, -0.25) is 0 Å². The molecular weight excluding hydrogens is 246 g/mol. The quantitative estimate of drug-likeness (QED) is 0.821. The van der Waals surface area contributed by atoms with E-state index in [1.54, 1.807) is 11.3 Å². The lowest BCUT2D eigenvalue weighted by Gasteiger charge is -1.96. The summed E-state index contributed by atoms with van der Waals surface area (Å²) in [5, 5.41) is 0. The fraction of sp³-hybridized carbons (Fsp3) is 0.400.